The minimum atomic E-state index is 0.482. The van der Waals surface area contributed by atoms with Crippen LogP contribution in [0.15, 0.2) is 0 Å². The van der Waals surface area contributed by atoms with Crippen LogP contribution < -0.4 is 0 Å². The van der Waals surface area contributed by atoms with Gasteiger partial charge in [-0.15, -0.1) is 21.8 Å². The van der Waals surface area contributed by atoms with Crippen LogP contribution in [0.5, 0.6) is 0 Å². The van der Waals surface area contributed by atoms with Crippen molar-refractivity contribution in [1.82, 2.24) is 20.2 Å². The topological polar surface area (TPSA) is 43.6 Å². The summed E-state index contributed by atoms with van der Waals surface area (Å²) < 4.78 is 0. The summed E-state index contributed by atoms with van der Waals surface area (Å²) in [6.07, 6.45) is 3.12. The highest BCUT2D eigenvalue weighted by Gasteiger charge is 2.10. The molecule has 0 aromatic carbocycles. The number of rotatable bonds is 5. The van der Waals surface area contributed by atoms with Gasteiger partial charge in [0, 0.05) is 12.3 Å². The van der Waals surface area contributed by atoms with Gasteiger partial charge in [-0.25, -0.2) is 0 Å². The highest BCUT2D eigenvalue weighted by Crippen LogP contribution is 2.12. The quantitative estimate of drug-likeness (QED) is 0.679. The van der Waals surface area contributed by atoms with Crippen LogP contribution in [0.1, 0.15) is 25.6 Å². The molecule has 0 aliphatic rings. The molecule has 0 spiro atoms. The van der Waals surface area contributed by atoms with E-state index in [0.29, 0.717) is 11.8 Å². The summed E-state index contributed by atoms with van der Waals surface area (Å²) in [4.78, 5) is 1.48. The van der Waals surface area contributed by atoms with E-state index < -0.39 is 0 Å². The molecule has 1 heterocycles. The van der Waals surface area contributed by atoms with Crippen molar-refractivity contribution in [2.45, 2.75) is 26.2 Å². The van der Waals surface area contributed by atoms with Gasteiger partial charge in [-0.05, 0) is 17.6 Å². The summed E-state index contributed by atoms with van der Waals surface area (Å²) >= 11 is 5.82. The highest BCUT2D eigenvalue weighted by atomic mass is 35.5. The summed E-state index contributed by atoms with van der Waals surface area (Å²) in [5, 5.41) is 11.8. The number of tetrazole rings is 1. The van der Waals surface area contributed by atoms with Gasteiger partial charge in [-0.3, -0.25) is 0 Å². The smallest absolute Gasteiger partial charge is 0.167 e. The molecular weight excluding hydrogens is 188 g/mol. The number of aromatic nitrogens is 4. The van der Waals surface area contributed by atoms with Gasteiger partial charge in [0.2, 0.25) is 0 Å². The zero-order valence-corrected chi connectivity index (χ0v) is 8.83. The molecule has 1 rings (SSSR count). The van der Waals surface area contributed by atoms with E-state index in [1.54, 1.807) is 7.05 Å². The predicted molar refractivity (Wildman–Crippen MR) is 51.6 cm³/mol. The van der Waals surface area contributed by atoms with Crippen molar-refractivity contribution in [1.29, 1.82) is 0 Å². The second-order valence-electron chi connectivity index (χ2n) is 3.21. The molecule has 0 saturated heterocycles. The number of halogens is 1. The van der Waals surface area contributed by atoms with E-state index in [0.717, 1.165) is 25.1 Å². The normalized spacial score (nSPS) is 13.2. The van der Waals surface area contributed by atoms with Crippen molar-refractivity contribution in [3.05, 3.63) is 5.82 Å². The first kappa shape index (κ1) is 10.4. The molecule has 5 heteroatoms. The third kappa shape index (κ3) is 3.30. The Morgan fingerprint density at radius 3 is 2.77 bits per heavy atom. The van der Waals surface area contributed by atoms with Gasteiger partial charge in [0.15, 0.2) is 5.82 Å². The zero-order valence-electron chi connectivity index (χ0n) is 8.07. The van der Waals surface area contributed by atoms with Crippen LogP contribution in [-0.4, -0.2) is 26.1 Å². The van der Waals surface area contributed by atoms with E-state index in [2.05, 4.69) is 22.3 Å². The molecule has 74 valence electrons. The van der Waals surface area contributed by atoms with E-state index in [9.17, 15) is 0 Å². The van der Waals surface area contributed by atoms with Gasteiger partial charge in [-0.2, -0.15) is 4.80 Å². The van der Waals surface area contributed by atoms with E-state index in [1.807, 2.05) is 0 Å². The molecule has 1 aromatic rings. The third-order valence-electron chi connectivity index (χ3n) is 1.94. The number of hydrogen-bond acceptors (Lipinski definition) is 3. The van der Waals surface area contributed by atoms with E-state index in [1.165, 1.54) is 4.80 Å². The average Bonchev–Trinajstić information content (AvgIpc) is 2.50. The van der Waals surface area contributed by atoms with Gasteiger partial charge in [0.1, 0.15) is 0 Å². The molecule has 1 atom stereocenters. The van der Waals surface area contributed by atoms with Gasteiger partial charge in [0.05, 0.1) is 7.05 Å². The highest BCUT2D eigenvalue weighted by molar-refractivity contribution is 6.18. The number of hydrogen-bond donors (Lipinski definition) is 0. The molecule has 1 aromatic heterocycles. The standard InChI is InChI=1S/C8H15ClN4/c1-3-4-7(6-9)5-8-10-12-13(2)11-8/h7H,3-6H2,1-2H3. The van der Waals surface area contributed by atoms with Crippen molar-refractivity contribution < 1.29 is 0 Å². The van der Waals surface area contributed by atoms with Crippen molar-refractivity contribution in [3.8, 4) is 0 Å². The minimum absolute atomic E-state index is 0.482. The van der Waals surface area contributed by atoms with Crippen LogP contribution in [0.3, 0.4) is 0 Å². The molecule has 0 bridgehead atoms. The molecule has 0 radical (unpaired) electrons. The van der Waals surface area contributed by atoms with E-state index in [-0.39, 0.29) is 0 Å². The molecule has 0 saturated carbocycles. The Kier molecular flexibility index (Phi) is 4.15. The maximum Gasteiger partial charge on any atom is 0.175 e. The van der Waals surface area contributed by atoms with E-state index >= 15 is 0 Å². The lowest BCUT2D eigenvalue weighted by Gasteiger charge is -2.08. The second-order valence-corrected chi connectivity index (χ2v) is 3.52. The minimum Gasteiger partial charge on any atom is -0.167 e. The van der Waals surface area contributed by atoms with Crippen LogP contribution in [0.2, 0.25) is 0 Å². The lowest BCUT2D eigenvalue weighted by Crippen LogP contribution is -2.07. The van der Waals surface area contributed by atoms with Crippen LogP contribution in [-0.2, 0) is 13.5 Å². The summed E-state index contributed by atoms with van der Waals surface area (Å²) in [6.45, 7) is 2.16. The van der Waals surface area contributed by atoms with Crippen LogP contribution in [0.4, 0.5) is 0 Å². The van der Waals surface area contributed by atoms with Crippen molar-refractivity contribution in [2.24, 2.45) is 13.0 Å². The monoisotopic (exact) mass is 202 g/mol. The predicted octanol–water partition coefficient (Wildman–Crippen LogP) is 1.41. The van der Waals surface area contributed by atoms with Crippen LogP contribution in [0.25, 0.3) is 0 Å². The lowest BCUT2D eigenvalue weighted by molar-refractivity contribution is 0.513. The Labute approximate surface area is 83.3 Å². The second kappa shape index (κ2) is 5.17. The summed E-state index contributed by atoms with van der Waals surface area (Å²) in [5.41, 5.74) is 0. The SMILES string of the molecule is CCCC(CCl)Cc1nnn(C)n1. The maximum atomic E-state index is 5.82. The molecule has 13 heavy (non-hydrogen) atoms. The Balaban J connectivity index is 2.46. The van der Waals surface area contributed by atoms with Gasteiger partial charge < -0.3 is 0 Å². The van der Waals surface area contributed by atoms with Crippen LogP contribution in [0, 0.1) is 5.92 Å². The fourth-order valence-corrected chi connectivity index (χ4v) is 1.57. The van der Waals surface area contributed by atoms with Crippen LogP contribution >= 0.6 is 11.6 Å². The van der Waals surface area contributed by atoms with Gasteiger partial charge in [0.25, 0.3) is 0 Å². The Hall–Kier alpha value is -0.640. The third-order valence-corrected chi connectivity index (χ3v) is 2.37. The van der Waals surface area contributed by atoms with E-state index in [4.69, 9.17) is 11.6 Å². The Bertz CT molecular complexity index is 248. The van der Waals surface area contributed by atoms with Gasteiger partial charge in [-0.1, -0.05) is 13.3 Å². The van der Waals surface area contributed by atoms with Crippen molar-refractivity contribution in [3.63, 3.8) is 0 Å². The number of nitrogens with zero attached hydrogens (tertiary/aromatic N) is 4. The summed E-state index contributed by atoms with van der Waals surface area (Å²) in [6, 6.07) is 0. The maximum absolute atomic E-state index is 5.82. The summed E-state index contributed by atoms with van der Waals surface area (Å²) in [5.74, 6) is 1.95. The molecule has 0 N–H and O–H groups in total. The molecule has 0 fully saturated rings. The average molecular weight is 203 g/mol. The Morgan fingerprint density at radius 2 is 2.31 bits per heavy atom. The molecule has 0 aliphatic heterocycles. The van der Waals surface area contributed by atoms with Gasteiger partial charge >= 0.3 is 0 Å². The van der Waals surface area contributed by atoms with Crippen molar-refractivity contribution >= 4 is 11.6 Å². The fourth-order valence-electron chi connectivity index (χ4n) is 1.31. The molecule has 0 aliphatic carbocycles. The first-order chi connectivity index (χ1) is 6.26. The Morgan fingerprint density at radius 1 is 1.54 bits per heavy atom. The summed E-state index contributed by atoms with van der Waals surface area (Å²) in [7, 11) is 1.77. The zero-order chi connectivity index (χ0) is 9.68. The fraction of sp³-hybridized carbons (Fsp3) is 0.875. The van der Waals surface area contributed by atoms with Crippen molar-refractivity contribution in [2.75, 3.05) is 5.88 Å². The molecule has 1 unspecified atom stereocenters. The number of alkyl halides is 1. The lowest BCUT2D eigenvalue weighted by atomic mass is 10.0. The molecule has 0 amide bonds. The number of aryl methyl sites for hydroxylation is 1. The molecular formula is C8H15ClN4. The molecule has 4 nitrogen and oxygen atoms in total. The first-order valence-electron chi connectivity index (χ1n) is 4.55. The largest absolute Gasteiger partial charge is 0.175 e. The first-order valence-corrected chi connectivity index (χ1v) is 5.08.